The van der Waals surface area contributed by atoms with Crippen molar-refractivity contribution in [2.24, 2.45) is 0 Å². The van der Waals surface area contributed by atoms with E-state index in [2.05, 4.69) is 195 Å². The molecule has 2 heterocycles. The fourth-order valence-electron chi connectivity index (χ4n) is 11.8. The molecule has 0 atom stereocenters. The van der Waals surface area contributed by atoms with Crippen molar-refractivity contribution in [2.45, 2.75) is 27.7 Å². The van der Waals surface area contributed by atoms with Crippen LogP contribution in [0.5, 0.6) is 0 Å². The lowest BCUT2D eigenvalue weighted by molar-refractivity contribution is 1.05. The van der Waals surface area contributed by atoms with E-state index in [0.29, 0.717) is 0 Å². The standard InChI is InChI=1S/C58H38N2/c1-31-33(3)59(47-29-25-39-21-19-35-11-9-13-37-23-27-45(47)53(39)51(35)37)57-43-17-7-6-16-42(43)56-50-32(2)34(4)60(58(50)44-18-8-5-15-41(44)55(56)49(31)57)48-30-26-40-22-20-36-12-10-14-38-24-28-46(48)54(40)52(36)38/h5-30H,1-4H3. The Morgan fingerprint density at radius 1 is 0.250 bits per heavy atom. The van der Waals surface area contributed by atoms with Crippen molar-refractivity contribution in [1.82, 2.24) is 9.13 Å². The zero-order valence-corrected chi connectivity index (χ0v) is 33.9. The van der Waals surface area contributed by atoms with Gasteiger partial charge < -0.3 is 9.13 Å². The van der Waals surface area contributed by atoms with Crippen molar-refractivity contribution in [3.05, 3.63) is 180 Å². The molecule has 0 unspecified atom stereocenters. The lowest BCUT2D eigenvalue weighted by atomic mass is 9.89. The van der Waals surface area contributed by atoms with Crippen LogP contribution in [0, 0.1) is 27.7 Å². The van der Waals surface area contributed by atoms with Gasteiger partial charge in [-0.1, -0.05) is 146 Å². The number of fused-ring (bicyclic) bond motifs is 11. The van der Waals surface area contributed by atoms with Gasteiger partial charge in [-0.2, -0.15) is 0 Å². The van der Waals surface area contributed by atoms with Gasteiger partial charge in [0.1, 0.15) is 0 Å². The minimum absolute atomic E-state index is 1.23. The fraction of sp³-hybridized carbons (Fsp3) is 0.0690. The predicted octanol–water partition coefficient (Wildman–Crippen LogP) is 16.1. The normalized spacial score (nSPS) is 12.7. The lowest BCUT2D eigenvalue weighted by Crippen LogP contribution is -2.00. The van der Waals surface area contributed by atoms with Crippen molar-refractivity contribution in [3.8, 4) is 11.4 Å². The van der Waals surface area contributed by atoms with Crippen LogP contribution in [0.3, 0.4) is 0 Å². The molecule has 0 N–H and O–H groups in total. The second-order valence-electron chi connectivity index (χ2n) is 17.3. The van der Waals surface area contributed by atoms with Crippen LogP contribution < -0.4 is 0 Å². The van der Waals surface area contributed by atoms with E-state index in [4.69, 9.17) is 0 Å². The molecule has 280 valence electrons. The minimum atomic E-state index is 1.23. The van der Waals surface area contributed by atoms with E-state index < -0.39 is 0 Å². The van der Waals surface area contributed by atoms with Gasteiger partial charge in [-0.25, -0.2) is 0 Å². The van der Waals surface area contributed by atoms with Gasteiger partial charge in [0.05, 0.1) is 22.4 Å². The van der Waals surface area contributed by atoms with E-state index in [-0.39, 0.29) is 0 Å². The van der Waals surface area contributed by atoms with Gasteiger partial charge >= 0.3 is 0 Å². The molecule has 0 bridgehead atoms. The third-order valence-electron chi connectivity index (χ3n) is 14.6. The third-order valence-corrected chi connectivity index (χ3v) is 14.6. The maximum Gasteiger partial charge on any atom is 0.0619 e. The van der Waals surface area contributed by atoms with Crippen LogP contribution in [-0.4, -0.2) is 9.13 Å². The van der Waals surface area contributed by atoms with Crippen molar-refractivity contribution in [2.75, 3.05) is 0 Å². The molecule has 14 rings (SSSR count). The van der Waals surface area contributed by atoms with Gasteiger partial charge in [0.25, 0.3) is 0 Å². The monoisotopic (exact) mass is 762 g/mol. The van der Waals surface area contributed by atoms with E-state index in [1.54, 1.807) is 0 Å². The molecular weight excluding hydrogens is 725 g/mol. The van der Waals surface area contributed by atoms with E-state index in [1.165, 1.54) is 153 Å². The average Bonchev–Trinajstić information content (AvgIpc) is 3.71. The highest BCUT2D eigenvalue weighted by molar-refractivity contribution is 6.40. The number of hydrogen-bond donors (Lipinski definition) is 0. The maximum absolute atomic E-state index is 2.59. The summed E-state index contributed by atoms with van der Waals surface area (Å²) >= 11 is 0. The van der Waals surface area contributed by atoms with Gasteiger partial charge in [0.15, 0.2) is 0 Å². The Morgan fingerprint density at radius 2 is 0.583 bits per heavy atom. The summed E-state index contributed by atoms with van der Waals surface area (Å²) in [5.41, 5.74) is 10.3. The Morgan fingerprint density at radius 3 is 0.983 bits per heavy atom. The van der Waals surface area contributed by atoms with Gasteiger partial charge in [0, 0.05) is 54.5 Å². The highest BCUT2D eigenvalue weighted by atomic mass is 15.0. The quantitative estimate of drug-likeness (QED) is 0.155. The minimum Gasteiger partial charge on any atom is -0.312 e. The number of benzene rings is 12. The number of hydrogen-bond acceptors (Lipinski definition) is 0. The molecule has 0 amide bonds. The molecule has 14 aromatic rings. The van der Waals surface area contributed by atoms with Crippen LogP contribution in [0.2, 0.25) is 0 Å². The van der Waals surface area contributed by atoms with Crippen molar-refractivity contribution in [3.63, 3.8) is 0 Å². The summed E-state index contributed by atoms with van der Waals surface area (Å²) in [6, 6.07) is 59.6. The van der Waals surface area contributed by atoms with Crippen LogP contribution in [-0.2, 0) is 0 Å². The molecule has 2 heteroatoms. The van der Waals surface area contributed by atoms with Crippen LogP contribution in [0.1, 0.15) is 22.5 Å². The third kappa shape index (κ3) is 3.81. The highest BCUT2D eigenvalue weighted by Gasteiger charge is 2.27. The second-order valence-corrected chi connectivity index (χ2v) is 17.3. The molecule has 0 aliphatic heterocycles. The Labute approximate surface area is 345 Å². The molecule has 0 radical (unpaired) electrons. The molecule has 12 aromatic carbocycles. The van der Waals surface area contributed by atoms with E-state index >= 15 is 0 Å². The molecule has 0 spiro atoms. The summed E-state index contributed by atoms with van der Waals surface area (Å²) in [4.78, 5) is 0. The summed E-state index contributed by atoms with van der Waals surface area (Å²) in [5.74, 6) is 0. The first-order valence-corrected chi connectivity index (χ1v) is 21.2. The van der Waals surface area contributed by atoms with Gasteiger partial charge in [-0.3, -0.25) is 0 Å². The SMILES string of the molecule is Cc1c(C)n(-c2ccc3ccc4cccc5ccc2c3c45)c2c3ccccc3c3c4c(C)c(C)n(-c5ccc6ccc7cccc8ccc5c6c78)c4c4ccccc4c3c12. The zero-order chi connectivity index (χ0) is 39.7. The van der Waals surface area contributed by atoms with Gasteiger partial charge in [-0.05, 0) is 116 Å². The summed E-state index contributed by atoms with van der Waals surface area (Å²) in [6.07, 6.45) is 0. The summed E-state index contributed by atoms with van der Waals surface area (Å²) in [6.45, 7) is 9.36. The average molecular weight is 763 g/mol. The van der Waals surface area contributed by atoms with Crippen molar-refractivity contribution in [1.29, 1.82) is 0 Å². The highest BCUT2D eigenvalue weighted by Crippen LogP contribution is 2.50. The first-order valence-electron chi connectivity index (χ1n) is 21.2. The molecule has 0 saturated heterocycles. The predicted molar refractivity (Wildman–Crippen MR) is 259 cm³/mol. The molecule has 0 aliphatic rings. The van der Waals surface area contributed by atoms with Gasteiger partial charge in [-0.15, -0.1) is 0 Å². The van der Waals surface area contributed by atoms with Crippen LogP contribution in [0.25, 0.3) is 130 Å². The molecule has 60 heavy (non-hydrogen) atoms. The zero-order valence-electron chi connectivity index (χ0n) is 33.9. The second kappa shape index (κ2) is 11.2. The Hall–Kier alpha value is -7.42. The van der Waals surface area contributed by atoms with E-state index in [1.807, 2.05) is 0 Å². The Bertz CT molecular complexity index is 3910. The molecule has 2 nitrogen and oxygen atoms in total. The lowest BCUT2D eigenvalue weighted by Gasteiger charge is -2.19. The number of rotatable bonds is 2. The topological polar surface area (TPSA) is 9.86 Å². The summed E-state index contributed by atoms with van der Waals surface area (Å²) < 4.78 is 5.18. The summed E-state index contributed by atoms with van der Waals surface area (Å²) in [7, 11) is 0. The van der Waals surface area contributed by atoms with Crippen LogP contribution >= 0.6 is 0 Å². The number of aryl methyl sites for hydroxylation is 2. The van der Waals surface area contributed by atoms with Crippen molar-refractivity contribution < 1.29 is 0 Å². The molecule has 0 fully saturated rings. The summed E-state index contributed by atoms with van der Waals surface area (Å²) in [5, 5.41) is 26.2. The Kier molecular flexibility index (Phi) is 6.07. The van der Waals surface area contributed by atoms with Gasteiger partial charge in [0.2, 0.25) is 0 Å². The fourth-order valence-corrected chi connectivity index (χ4v) is 11.8. The molecular formula is C58H38N2. The number of nitrogens with zero attached hydrogens (tertiary/aromatic N) is 2. The number of aromatic nitrogens is 2. The van der Waals surface area contributed by atoms with Crippen LogP contribution in [0.15, 0.2) is 158 Å². The largest absolute Gasteiger partial charge is 0.312 e. The molecule has 2 aromatic heterocycles. The Balaban J connectivity index is 1.17. The van der Waals surface area contributed by atoms with E-state index in [0.717, 1.165) is 0 Å². The first-order chi connectivity index (χ1) is 29.5. The van der Waals surface area contributed by atoms with Crippen LogP contribution in [0.4, 0.5) is 0 Å². The maximum atomic E-state index is 2.59. The molecule has 0 saturated carbocycles. The smallest absolute Gasteiger partial charge is 0.0619 e. The van der Waals surface area contributed by atoms with Crippen molar-refractivity contribution >= 4 is 119 Å². The van der Waals surface area contributed by atoms with E-state index in [9.17, 15) is 0 Å². The first kappa shape index (κ1) is 32.5. The molecule has 0 aliphatic carbocycles.